The zero-order valence-corrected chi connectivity index (χ0v) is 15.1. The molecule has 3 aromatic rings. The highest BCUT2D eigenvalue weighted by Gasteiger charge is 2.27. The van der Waals surface area contributed by atoms with E-state index in [9.17, 15) is 4.79 Å². The fraction of sp³-hybridized carbons (Fsp3) is 0.333. The van der Waals surface area contributed by atoms with Gasteiger partial charge in [-0.3, -0.25) is 9.89 Å². The second kappa shape index (κ2) is 7.20. The van der Waals surface area contributed by atoms with Gasteiger partial charge in [-0.25, -0.2) is 4.68 Å². The van der Waals surface area contributed by atoms with Crippen LogP contribution in [0.15, 0.2) is 30.5 Å². The number of ether oxygens (including phenoxy) is 2. The van der Waals surface area contributed by atoms with Gasteiger partial charge < -0.3 is 14.8 Å². The summed E-state index contributed by atoms with van der Waals surface area (Å²) in [5.74, 6) is 0.520. The molecular formula is C18H20N6O3. The van der Waals surface area contributed by atoms with Crippen LogP contribution in [0.3, 0.4) is 0 Å². The van der Waals surface area contributed by atoms with Crippen LogP contribution in [-0.4, -0.2) is 38.2 Å². The van der Waals surface area contributed by atoms with Gasteiger partial charge in [0.15, 0.2) is 5.69 Å². The van der Waals surface area contributed by atoms with Crippen LogP contribution in [-0.2, 0) is 24.4 Å². The number of rotatable bonds is 5. The van der Waals surface area contributed by atoms with Crippen LogP contribution < -0.4 is 10.1 Å². The zero-order chi connectivity index (χ0) is 18.8. The predicted octanol–water partition coefficient (Wildman–Crippen LogP) is 1.52. The maximum atomic E-state index is 12.5. The van der Waals surface area contributed by atoms with Gasteiger partial charge in [0.25, 0.3) is 5.91 Å². The SMILES string of the molecule is COc1ccc([C@@H]2Cn3nnc(C(=O)NCc4cn[nH]c4C)c3CO2)cc1. The molecule has 9 nitrogen and oxygen atoms in total. The minimum Gasteiger partial charge on any atom is -0.497 e. The highest BCUT2D eigenvalue weighted by Crippen LogP contribution is 2.28. The van der Waals surface area contributed by atoms with Gasteiger partial charge in [-0.1, -0.05) is 17.3 Å². The topological polar surface area (TPSA) is 107 Å². The zero-order valence-electron chi connectivity index (χ0n) is 15.1. The number of aryl methyl sites for hydroxylation is 1. The molecule has 1 aromatic carbocycles. The van der Waals surface area contributed by atoms with Gasteiger partial charge in [-0.05, 0) is 24.6 Å². The van der Waals surface area contributed by atoms with Crippen molar-refractivity contribution >= 4 is 5.91 Å². The Morgan fingerprint density at radius 1 is 1.41 bits per heavy atom. The molecule has 3 heterocycles. The number of carbonyl (C=O) groups excluding carboxylic acids is 1. The molecule has 0 bridgehead atoms. The second-order valence-electron chi connectivity index (χ2n) is 6.34. The van der Waals surface area contributed by atoms with Crippen molar-refractivity contribution in [1.82, 2.24) is 30.5 Å². The average Bonchev–Trinajstić information content (AvgIpc) is 3.31. The number of hydrogen-bond donors (Lipinski definition) is 2. The Labute approximate surface area is 155 Å². The summed E-state index contributed by atoms with van der Waals surface area (Å²) in [7, 11) is 1.63. The first kappa shape index (κ1) is 17.2. The van der Waals surface area contributed by atoms with Gasteiger partial charge in [-0.15, -0.1) is 5.10 Å². The van der Waals surface area contributed by atoms with E-state index in [1.807, 2.05) is 31.2 Å². The molecule has 0 aliphatic carbocycles. The van der Waals surface area contributed by atoms with Crippen molar-refractivity contribution in [3.63, 3.8) is 0 Å². The normalized spacial score (nSPS) is 16.0. The van der Waals surface area contributed by atoms with Gasteiger partial charge in [0.1, 0.15) is 11.9 Å². The lowest BCUT2D eigenvalue weighted by Crippen LogP contribution is -2.27. The quantitative estimate of drug-likeness (QED) is 0.707. The Hall–Kier alpha value is -3.20. The van der Waals surface area contributed by atoms with Crippen LogP contribution >= 0.6 is 0 Å². The number of carbonyl (C=O) groups is 1. The molecular weight excluding hydrogens is 348 g/mol. The lowest BCUT2D eigenvalue weighted by Gasteiger charge is -2.24. The molecule has 2 aromatic heterocycles. The molecule has 1 aliphatic heterocycles. The van der Waals surface area contributed by atoms with Crippen molar-refractivity contribution in [3.8, 4) is 5.75 Å². The largest absolute Gasteiger partial charge is 0.497 e. The Kier molecular flexibility index (Phi) is 4.59. The summed E-state index contributed by atoms with van der Waals surface area (Å²) in [6.45, 7) is 3.06. The fourth-order valence-corrected chi connectivity index (χ4v) is 3.02. The Morgan fingerprint density at radius 2 is 2.22 bits per heavy atom. The van der Waals surface area contributed by atoms with E-state index in [1.54, 1.807) is 18.0 Å². The molecule has 140 valence electrons. The molecule has 0 fully saturated rings. The highest BCUT2D eigenvalue weighted by atomic mass is 16.5. The van der Waals surface area contributed by atoms with Crippen LogP contribution in [0.2, 0.25) is 0 Å². The summed E-state index contributed by atoms with van der Waals surface area (Å²) < 4.78 is 12.9. The number of hydrogen-bond acceptors (Lipinski definition) is 6. The fourth-order valence-electron chi connectivity index (χ4n) is 3.02. The molecule has 27 heavy (non-hydrogen) atoms. The number of methoxy groups -OCH3 is 1. The standard InChI is InChI=1S/C18H20N6O3/c1-11-13(8-20-21-11)7-19-18(25)17-15-10-27-16(9-24(15)23-22-17)12-3-5-14(26-2)6-4-12/h3-6,8,16H,7,9-10H2,1-2H3,(H,19,25)(H,20,21)/t16-/m0/s1. The Bertz CT molecular complexity index is 946. The molecule has 0 unspecified atom stereocenters. The van der Waals surface area contributed by atoms with Gasteiger partial charge in [0, 0.05) is 17.8 Å². The molecule has 1 amide bonds. The van der Waals surface area contributed by atoms with Crippen molar-refractivity contribution in [2.45, 2.75) is 32.7 Å². The summed E-state index contributed by atoms with van der Waals surface area (Å²) in [6, 6.07) is 7.72. The summed E-state index contributed by atoms with van der Waals surface area (Å²) in [6.07, 6.45) is 1.55. The van der Waals surface area contributed by atoms with E-state index in [1.165, 1.54) is 0 Å². The van der Waals surface area contributed by atoms with E-state index >= 15 is 0 Å². The molecule has 4 rings (SSSR count). The van der Waals surface area contributed by atoms with Crippen molar-refractivity contribution in [1.29, 1.82) is 0 Å². The molecule has 1 atom stereocenters. The van der Waals surface area contributed by atoms with Crippen molar-refractivity contribution < 1.29 is 14.3 Å². The predicted molar refractivity (Wildman–Crippen MR) is 95.0 cm³/mol. The molecule has 0 spiro atoms. The van der Waals surface area contributed by atoms with Gasteiger partial charge >= 0.3 is 0 Å². The Balaban J connectivity index is 1.44. The van der Waals surface area contributed by atoms with Gasteiger partial charge in [-0.2, -0.15) is 5.10 Å². The molecule has 0 saturated carbocycles. The number of benzene rings is 1. The average molecular weight is 368 g/mol. The summed E-state index contributed by atoms with van der Waals surface area (Å²) >= 11 is 0. The summed E-state index contributed by atoms with van der Waals surface area (Å²) in [4.78, 5) is 12.5. The minimum absolute atomic E-state index is 0.144. The molecule has 2 N–H and O–H groups in total. The van der Waals surface area contributed by atoms with Crippen LogP contribution in [0, 0.1) is 6.92 Å². The smallest absolute Gasteiger partial charge is 0.274 e. The highest BCUT2D eigenvalue weighted by molar-refractivity contribution is 5.93. The number of aromatic nitrogens is 5. The number of nitrogens with one attached hydrogen (secondary N) is 2. The van der Waals surface area contributed by atoms with E-state index in [2.05, 4.69) is 25.8 Å². The number of fused-ring (bicyclic) bond motifs is 1. The van der Waals surface area contributed by atoms with Crippen LogP contribution in [0.4, 0.5) is 0 Å². The van der Waals surface area contributed by atoms with Crippen LogP contribution in [0.25, 0.3) is 0 Å². The van der Waals surface area contributed by atoms with Crippen LogP contribution in [0.5, 0.6) is 5.75 Å². The third kappa shape index (κ3) is 3.41. The van der Waals surface area contributed by atoms with Gasteiger partial charge in [0.2, 0.25) is 0 Å². The summed E-state index contributed by atoms with van der Waals surface area (Å²) in [5.41, 5.74) is 3.86. The van der Waals surface area contributed by atoms with E-state index in [0.29, 0.717) is 24.5 Å². The molecule has 0 saturated heterocycles. The lowest BCUT2D eigenvalue weighted by molar-refractivity contribution is -0.00179. The maximum Gasteiger partial charge on any atom is 0.274 e. The third-order valence-corrected chi connectivity index (χ3v) is 4.67. The number of nitrogens with zero attached hydrogens (tertiary/aromatic N) is 4. The number of aromatic amines is 1. The van der Waals surface area contributed by atoms with Crippen molar-refractivity contribution in [2.75, 3.05) is 7.11 Å². The first-order chi connectivity index (χ1) is 13.2. The second-order valence-corrected chi connectivity index (χ2v) is 6.34. The van der Waals surface area contributed by atoms with Crippen molar-refractivity contribution in [2.24, 2.45) is 0 Å². The first-order valence-corrected chi connectivity index (χ1v) is 8.60. The minimum atomic E-state index is -0.275. The lowest BCUT2D eigenvalue weighted by atomic mass is 10.1. The molecule has 0 radical (unpaired) electrons. The molecule has 9 heteroatoms. The monoisotopic (exact) mass is 368 g/mol. The van der Waals surface area contributed by atoms with E-state index in [-0.39, 0.29) is 18.6 Å². The number of H-pyrrole nitrogens is 1. The third-order valence-electron chi connectivity index (χ3n) is 4.67. The van der Waals surface area contributed by atoms with E-state index < -0.39 is 0 Å². The Morgan fingerprint density at radius 3 is 2.93 bits per heavy atom. The molecule has 1 aliphatic rings. The first-order valence-electron chi connectivity index (χ1n) is 8.60. The van der Waals surface area contributed by atoms with E-state index in [0.717, 1.165) is 22.6 Å². The van der Waals surface area contributed by atoms with Crippen molar-refractivity contribution in [3.05, 3.63) is 58.7 Å². The number of amides is 1. The summed E-state index contributed by atoms with van der Waals surface area (Å²) in [5, 5.41) is 17.8. The van der Waals surface area contributed by atoms with Gasteiger partial charge in [0.05, 0.1) is 32.2 Å². The van der Waals surface area contributed by atoms with Crippen LogP contribution in [0.1, 0.15) is 39.1 Å². The maximum absolute atomic E-state index is 12.5. The van der Waals surface area contributed by atoms with E-state index in [4.69, 9.17) is 9.47 Å².